The van der Waals surface area contributed by atoms with Crippen molar-refractivity contribution in [3.8, 4) is 5.75 Å². The summed E-state index contributed by atoms with van der Waals surface area (Å²) in [5.74, 6) is 0.357. The lowest BCUT2D eigenvalue weighted by atomic mass is 9.95. The number of Topliss-reactive ketones (excluding diaryl/α,β-unsaturated/α-hetero) is 1. The van der Waals surface area contributed by atoms with Crippen molar-refractivity contribution in [2.45, 2.75) is 45.8 Å². The van der Waals surface area contributed by atoms with E-state index in [-0.39, 0.29) is 23.1 Å². The molecular weight excluding hydrogens is 546 g/mol. The number of carbonyl (C=O) groups is 3. The number of amides is 1. The number of ketones is 1. The van der Waals surface area contributed by atoms with E-state index in [4.69, 9.17) is 25.8 Å². The molecule has 0 saturated heterocycles. The molecule has 0 spiro atoms. The maximum atomic E-state index is 13.6. The highest BCUT2D eigenvalue weighted by Gasteiger charge is 2.25. The van der Waals surface area contributed by atoms with Gasteiger partial charge < -0.3 is 29.7 Å². The Bertz CT molecular complexity index is 1300. The number of carbonyl (C=O) groups excluding carboxylic acids is 3. The normalized spacial score (nSPS) is 12.8. The molecule has 0 aliphatic heterocycles. The van der Waals surface area contributed by atoms with Crippen molar-refractivity contribution in [2.24, 2.45) is 0 Å². The molecule has 2 aromatic rings. The number of likely N-dealkylation sites (N-methyl/N-ethyl adjacent to an activating group) is 1. The van der Waals surface area contributed by atoms with Crippen LogP contribution in [0.25, 0.3) is 5.57 Å². The minimum atomic E-state index is -0.693. The number of anilines is 2. The summed E-state index contributed by atoms with van der Waals surface area (Å²) in [6.07, 6.45) is 3.87. The van der Waals surface area contributed by atoms with Crippen LogP contribution in [-0.2, 0) is 19.1 Å². The molecule has 2 aromatic carbocycles. The zero-order chi connectivity index (χ0) is 30.7. The van der Waals surface area contributed by atoms with Gasteiger partial charge in [0.2, 0.25) is 5.91 Å². The smallest absolute Gasteiger partial charge is 0.247 e. The van der Waals surface area contributed by atoms with E-state index in [9.17, 15) is 14.4 Å². The molecule has 1 unspecified atom stereocenters. The third-order valence-corrected chi connectivity index (χ3v) is 6.39. The van der Waals surface area contributed by atoms with Crippen LogP contribution in [-0.4, -0.2) is 69.4 Å². The summed E-state index contributed by atoms with van der Waals surface area (Å²) >= 11 is 6.25. The molecule has 2 N–H and O–H groups in total. The second-order valence-electron chi connectivity index (χ2n) is 10.2. The van der Waals surface area contributed by atoms with Gasteiger partial charge in [-0.05, 0) is 69.7 Å². The molecule has 1 amide bonds. The number of halogens is 1. The Morgan fingerprint density at radius 2 is 1.80 bits per heavy atom. The zero-order valence-electron chi connectivity index (χ0n) is 25.0. The highest BCUT2D eigenvalue weighted by Crippen LogP contribution is 2.31. The Hall–Kier alpha value is -3.82. The van der Waals surface area contributed by atoms with E-state index < -0.39 is 6.04 Å². The molecule has 0 fully saturated rings. The van der Waals surface area contributed by atoms with E-state index in [2.05, 4.69) is 10.6 Å². The fourth-order valence-electron chi connectivity index (χ4n) is 4.12. The van der Waals surface area contributed by atoms with Crippen LogP contribution in [0.4, 0.5) is 11.4 Å². The van der Waals surface area contributed by atoms with Crippen molar-refractivity contribution in [3.05, 3.63) is 70.6 Å². The summed E-state index contributed by atoms with van der Waals surface area (Å²) in [6, 6.07) is 9.44. The number of hydrogen-bond donors (Lipinski definition) is 2. The van der Waals surface area contributed by atoms with Gasteiger partial charge in [0.15, 0.2) is 5.78 Å². The van der Waals surface area contributed by atoms with Gasteiger partial charge in [-0.2, -0.15) is 0 Å². The summed E-state index contributed by atoms with van der Waals surface area (Å²) in [6.45, 7) is 7.57. The SMILES string of the molecule is CNc1ccc(NC(=O)C(CCOC(C)(C)C)N(C)/C=C(OC)\C(=C/C=O)c2cc(Cl)ccc2C(C)=O)cc1OC. The number of rotatable bonds is 14. The predicted molar refractivity (Wildman–Crippen MR) is 164 cm³/mol. The molecule has 41 heavy (non-hydrogen) atoms. The van der Waals surface area contributed by atoms with Crippen molar-refractivity contribution in [1.29, 1.82) is 0 Å². The quantitative estimate of drug-likeness (QED) is 0.0941. The molecule has 10 heteroatoms. The lowest BCUT2D eigenvalue weighted by molar-refractivity contribution is -0.121. The Kier molecular flexibility index (Phi) is 12.4. The number of methoxy groups -OCH3 is 2. The maximum absolute atomic E-state index is 13.6. The van der Waals surface area contributed by atoms with E-state index in [0.29, 0.717) is 52.5 Å². The van der Waals surface area contributed by atoms with E-state index in [1.807, 2.05) is 26.8 Å². The van der Waals surface area contributed by atoms with Gasteiger partial charge in [0.1, 0.15) is 23.8 Å². The number of allylic oxidation sites excluding steroid dienone is 2. The first-order valence-electron chi connectivity index (χ1n) is 13.1. The van der Waals surface area contributed by atoms with E-state index in [1.165, 1.54) is 20.1 Å². The van der Waals surface area contributed by atoms with E-state index >= 15 is 0 Å². The molecule has 2 rings (SSSR count). The summed E-state index contributed by atoms with van der Waals surface area (Å²) in [4.78, 5) is 39.3. The number of nitrogens with one attached hydrogen (secondary N) is 2. The highest BCUT2D eigenvalue weighted by atomic mass is 35.5. The lowest BCUT2D eigenvalue weighted by Gasteiger charge is -2.29. The van der Waals surface area contributed by atoms with Gasteiger partial charge in [0, 0.05) is 61.2 Å². The standard InChI is InChI=1S/C31H40ClN3O6/c1-20(37)23-11-9-21(32)17-25(23)24(13-15-36)29(40-8)19-35(6)27(14-16-41-31(2,3)4)30(38)34-22-10-12-26(33-5)28(18-22)39-7/h9-13,15,17-19,27,33H,14,16H2,1-8H3,(H,34,38)/b24-13-,29-19+. The summed E-state index contributed by atoms with van der Waals surface area (Å²) in [5.41, 5.74) is 2.11. The summed E-state index contributed by atoms with van der Waals surface area (Å²) < 4.78 is 17.0. The molecule has 0 bridgehead atoms. The second kappa shape index (κ2) is 15.3. The van der Waals surface area contributed by atoms with Crippen molar-refractivity contribution in [3.63, 3.8) is 0 Å². The molecule has 0 saturated carbocycles. The Labute approximate surface area is 247 Å². The first-order chi connectivity index (χ1) is 19.3. The monoisotopic (exact) mass is 585 g/mol. The van der Waals surface area contributed by atoms with Gasteiger partial charge in [-0.25, -0.2) is 0 Å². The van der Waals surface area contributed by atoms with Crippen molar-refractivity contribution in [2.75, 3.05) is 45.6 Å². The van der Waals surface area contributed by atoms with Gasteiger partial charge in [0.25, 0.3) is 0 Å². The van der Waals surface area contributed by atoms with Gasteiger partial charge >= 0.3 is 0 Å². The Morgan fingerprint density at radius 3 is 2.37 bits per heavy atom. The molecule has 9 nitrogen and oxygen atoms in total. The largest absolute Gasteiger partial charge is 0.495 e. The molecule has 0 aromatic heterocycles. The summed E-state index contributed by atoms with van der Waals surface area (Å²) in [7, 11) is 6.52. The molecule has 0 heterocycles. The third-order valence-electron chi connectivity index (χ3n) is 6.15. The summed E-state index contributed by atoms with van der Waals surface area (Å²) in [5, 5.41) is 6.39. The average Bonchev–Trinajstić information content (AvgIpc) is 2.91. The fraction of sp³-hybridized carbons (Fsp3) is 0.387. The Morgan fingerprint density at radius 1 is 1.10 bits per heavy atom. The average molecular weight is 586 g/mol. The van der Waals surface area contributed by atoms with Crippen LogP contribution in [0.2, 0.25) is 5.02 Å². The van der Waals surface area contributed by atoms with Gasteiger partial charge in [-0.15, -0.1) is 0 Å². The van der Waals surface area contributed by atoms with Crippen LogP contribution in [0.3, 0.4) is 0 Å². The molecule has 0 radical (unpaired) electrons. The number of aldehydes is 1. The minimum absolute atomic E-state index is 0.200. The van der Waals surface area contributed by atoms with Gasteiger partial charge in [-0.1, -0.05) is 11.6 Å². The van der Waals surface area contributed by atoms with Crippen molar-refractivity contribution < 1.29 is 28.6 Å². The number of benzene rings is 2. The highest BCUT2D eigenvalue weighted by molar-refractivity contribution is 6.31. The predicted octanol–water partition coefficient (Wildman–Crippen LogP) is 5.81. The van der Waals surface area contributed by atoms with Crippen molar-refractivity contribution in [1.82, 2.24) is 4.90 Å². The first-order valence-corrected chi connectivity index (χ1v) is 13.5. The van der Waals surface area contributed by atoms with Gasteiger partial charge in [-0.3, -0.25) is 14.4 Å². The topological polar surface area (TPSA) is 106 Å². The lowest BCUT2D eigenvalue weighted by Crippen LogP contribution is -2.41. The third kappa shape index (κ3) is 9.65. The molecule has 0 aliphatic rings. The van der Waals surface area contributed by atoms with Crippen LogP contribution in [0.5, 0.6) is 5.75 Å². The molecule has 222 valence electrons. The molecular formula is C31H40ClN3O6. The zero-order valence-corrected chi connectivity index (χ0v) is 25.7. The number of ether oxygens (including phenoxy) is 3. The van der Waals surface area contributed by atoms with Crippen LogP contribution >= 0.6 is 11.6 Å². The fourth-order valence-corrected chi connectivity index (χ4v) is 4.30. The van der Waals surface area contributed by atoms with E-state index in [0.717, 1.165) is 5.69 Å². The number of nitrogens with zero attached hydrogens (tertiary/aromatic N) is 1. The van der Waals surface area contributed by atoms with E-state index in [1.54, 1.807) is 62.6 Å². The first kappa shape index (κ1) is 33.4. The van der Waals surface area contributed by atoms with Crippen LogP contribution in [0.1, 0.15) is 50.0 Å². The van der Waals surface area contributed by atoms with Gasteiger partial charge in [0.05, 0.1) is 25.5 Å². The Balaban J connectivity index is 2.50. The molecule has 1 atom stereocenters. The maximum Gasteiger partial charge on any atom is 0.247 e. The van der Waals surface area contributed by atoms with Crippen molar-refractivity contribution >= 4 is 46.5 Å². The molecule has 0 aliphatic carbocycles. The van der Waals surface area contributed by atoms with Crippen LogP contribution in [0, 0.1) is 0 Å². The minimum Gasteiger partial charge on any atom is -0.495 e. The number of hydrogen-bond acceptors (Lipinski definition) is 8. The van der Waals surface area contributed by atoms with Crippen LogP contribution in [0.15, 0.2) is 54.4 Å². The van der Waals surface area contributed by atoms with Crippen LogP contribution < -0.4 is 15.4 Å². The second-order valence-corrected chi connectivity index (χ2v) is 10.7.